The van der Waals surface area contributed by atoms with Crippen molar-refractivity contribution in [1.29, 1.82) is 0 Å². The maximum Gasteiger partial charge on any atom is 0.0916 e. The van der Waals surface area contributed by atoms with Gasteiger partial charge in [-0.3, -0.25) is 4.90 Å². The molecule has 0 fully saturated rings. The van der Waals surface area contributed by atoms with Gasteiger partial charge in [-0.2, -0.15) is 0 Å². The third-order valence-electron chi connectivity index (χ3n) is 4.75. The highest BCUT2D eigenvalue weighted by Crippen LogP contribution is 2.22. The van der Waals surface area contributed by atoms with Gasteiger partial charge in [0.2, 0.25) is 0 Å². The molecule has 0 saturated carbocycles. The summed E-state index contributed by atoms with van der Waals surface area (Å²) < 4.78 is 0. The summed E-state index contributed by atoms with van der Waals surface area (Å²) in [5.41, 5.74) is 6.89. The number of benzene rings is 3. The Hall–Kier alpha value is -2.62. The predicted octanol–water partition coefficient (Wildman–Crippen LogP) is 5.21. The zero-order valence-corrected chi connectivity index (χ0v) is 16.3. The first-order chi connectivity index (χ1) is 13.0. The third kappa shape index (κ3) is 5.43. The summed E-state index contributed by atoms with van der Waals surface area (Å²) in [5, 5.41) is 13.9. The van der Waals surface area contributed by atoms with Crippen LogP contribution < -0.4 is 5.32 Å². The summed E-state index contributed by atoms with van der Waals surface area (Å²) in [7, 11) is 2.04. The van der Waals surface area contributed by atoms with E-state index in [1.807, 2.05) is 37.4 Å². The maximum atomic E-state index is 10.4. The van der Waals surface area contributed by atoms with Crippen LogP contribution in [0.25, 0.3) is 0 Å². The normalized spacial score (nSPS) is 12.2. The van der Waals surface area contributed by atoms with Crippen LogP contribution in [0.1, 0.15) is 28.4 Å². The van der Waals surface area contributed by atoms with Gasteiger partial charge in [-0.1, -0.05) is 54.6 Å². The summed E-state index contributed by atoms with van der Waals surface area (Å²) in [4.78, 5) is 2.14. The van der Waals surface area contributed by atoms with Gasteiger partial charge in [-0.15, -0.1) is 0 Å². The number of aliphatic hydroxyl groups is 1. The molecule has 0 amide bonds. The molecule has 0 bridgehead atoms. The standard InChI is InChI=1S/C24H28N2O/c1-18-9-10-19(2)23(15-18)25-22-13-11-20(12-14-22)16-26(3)17-24(27)21-7-5-4-6-8-21/h4-15,24-25,27H,16-17H2,1-3H3. The molecule has 0 heterocycles. The van der Waals surface area contributed by atoms with Crippen LogP contribution in [0, 0.1) is 13.8 Å². The van der Waals surface area contributed by atoms with Crippen LogP contribution >= 0.6 is 0 Å². The van der Waals surface area contributed by atoms with Crippen molar-refractivity contribution in [3.63, 3.8) is 0 Å². The van der Waals surface area contributed by atoms with Crippen molar-refractivity contribution in [2.45, 2.75) is 26.5 Å². The quantitative estimate of drug-likeness (QED) is 0.607. The van der Waals surface area contributed by atoms with E-state index < -0.39 is 6.10 Å². The first-order valence-corrected chi connectivity index (χ1v) is 9.36. The Morgan fingerprint density at radius 3 is 2.33 bits per heavy atom. The van der Waals surface area contributed by atoms with E-state index in [2.05, 4.69) is 66.5 Å². The molecular weight excluding hydrogens is 332 g/mol. The Morgan fingerprint density at radius 2 is 1.63 bits per heavy atom. The first-order valence-electron chi connectivity index (χ1n) is 9.36. The Balaban J connectivity index is 1.58. The van der Waals surface area contributed by atoms with Gasteiger partial charge in [0.1, 0.15) is 0 Å². The van der Waals surface area contributed by atoms with Gasteiger partial charge in [-0.05, 0) is 61.3 Å². The number of nitrogens with one attached hydrogen (secondary N) is 1. The van der Waals surface area contributed by atoms with E-state index in [9.17, 15) is 5.11 Å². The number of hydrogen-bond donors (Lipinski definition) is 2. The van der Waals surface area contributed by atoms with Crippen molar-refractivity contribution in [2.24, 2.45) is 0 Å². The summed E-state index contributed by atoms with van der Waals surface area (Å²) in [6.07, 6.45) is -0.471. The lowest BCUT2D eigenvalue weighted by molar-refractivity contribution is 0.124. The minimum absolute atomic E-state index is 0.471. The minimum atomic E-state index is -0.471. The molecule has 0 aliphatic rings. The predicted molar refractivity (Wildman–Crippen MR) is 113 cm³/mol. The monoisotopic (exact) mass is 360 g/mol. The van der Waals surface area contributed by atoms with E-state index in [1.54, 1.807) is 0 Å². The molecule has 0 spiro atoms. The molecule has 1 unspecified atom stereocenters. The van der Waals surface area contributed by atoms with Gasteiger partial charge in [0.05, 0.1) is 6.10 Å². The van der Waals surface area contributed by atoms with Crippen LogP contribution in [0.15, 0.2) is 72.8 Å². The number of nitrogens with zero attached hydrogens (tertiary/aromatic N) is 1. The van der Waals surface area contributed by atoms with Crippen molar-refractivity contribution in [2.75, 3.05) is 18.9 Å². The smallest absolute Gasteiger partial charge is 0.0916 e. The fourth-order valence-corrected chi connectivity index (χ4v) is 3.17. The van der Waals surface area contributed by atoms with E-state index in [4.69, 9.17) is 0 Å². The maximum absolute atomic E-state index is 10.4. The van der Waals surface area contributed by atoms with E-state index in [1.165, 1.54) is 16.7 Å². The number of aliphatic hydroxyl groups excluding tert-OH is 1. The van der Waals surface area contributed by atoms with Crippen molar-refractivity contribution >= 4 is 11.4 Å². The molecule has 3 nitrogen and oxygen atoms in total. The van der Waals surface area contributed by atoms with Gasteiger partial charge >= 0.3 is 0 Å². The van der Waals surface area contributed by atoms with Crippen molar-refractivity contribution in [3.05, 3.63) is 95.1 Å². The lowest BCUT2D eigenvalue weighted by Crippen LogP contribution is -2.24. The Labute approximate surface area is 162 Å². The molecule has 140 valence electrons. The number of aryl methyl sites for hydroxylation is 2. The fourth-order valence-electron chi connectivity index (χ4n) is 3.17. The van der Waals surface area contributed by atoms with Crippen LogP contribution in [0.4, 0.5) is 11.4 Å². The SMILES string of the molecule is Cc1ccc(C)c(Nc2ccc(CN(C)CC(O)c3ccccc3)cc2)c1. The summed E-state index contributed by atoms with van der Waals surface area (Å²) in [5.74, 6) is 0. The molecule has 3 heteroatoms. The van der Waals surface area contributed by atoms with Crippen molar-refractivity contribution < 1.29 is 5.11 Å². The first kappa shape index (κ1) is 19.2. The number of anilines is 2. The Kier molecular flexibility index (Phi) is 6.28. The van der Waals surface area contributed by atoms with Crippen LogP contribution in [-0.4, -0.2) is 23.6 Å². The highest BCUT2D eigenvalue weighted by Gasteiger charge is 2.10. The second-order valence-electron chi connectivity index (χ2n) is 7.26. The molecule has 3 aromatic rings. The Morgan fingerprint density at radius 1 is 0.926 bits per heavy atom. The second kappa shape index (κ2) is 8.85. The third-order valence-corrected chi connectivity index (χ3v) is 4.75. The zero-order valence-electron chi connectivity index (χ0n) is 16.3. The second-order valence-corrected chi connectivity index (χ2v) is 7.26. The van der Waals surface area contributed by atoms with Gasteiger partial charge < -0.3 is 10.4 Å². The minimum Gasteiger partial charge on any atom is -0.387 e. The van der Waals surface area contributed by atoms with Gasteiger partial charge in [0.15, 0.2) is 0 Å². The molecule has 3 rings (SSSR count). The summed E-state index contributed by atoms with van der Waals surface area (Å²) >= 11 is 0. The molecule has 0 aliphatic heterocycles. The fraction of sp³-hybridized carbons (Fsp3) is 0.250. The van der Waals surface area contributed by atoms with Gasteiger partial charge in [0.25, 0.3) is 0 Å². The van der Waals surface area contributed by atoms with E-state index >= 15 is 0 Å². The highest BCUT2D eigenvalue weighted by molar-refractivity contribution is 5.63. The van der Waals surface area contributed by atoms with E-state index in [0.717, 1.165) is 23.5 Å². The summed E-state index contributed by atoms with van der Waals surface area (Å²) in [6.45, 7) is 5.62. The van der Waals surface area contributed by atoms with Crippen molar-refractivity contribution in [3.8, 4) is 0 Å². The average molecular weight is 361 g/mol. The lowest BCUT2D eigenvalue weighted by Gasteiger charge is -2.21. The van der Waals surface area contributed by atoms with Gasteiger partial charge in [0, 0.05) is 24.5 Å². The average Bonchev–Trinajstić information content (AvgIpc) is 2.67. The number of hydrogen-bond acceptors (Lipinski definition) is 3. The largest absolute Gasteiger partial charge is 0.387 e. The molecular formula is C24H28N2O. The molecule has 0 saturated heterocycles. The van der Waals surface area contributed by atoms with Crippen LogP contribution in [0.3, 0.4) is 0 Å². The number of likely N-dealkylation sites (N-methyl/N-ethyl adjacent to an activating group) is 1. The molecule has 27 heavy (non-hydrogen) atoms. The van der Waals surface area contributed by atoms with Crippen LogP contribution in [0.2, 0.25) is 0 Å². The lowest BCUT2D eigenvalue weighted by atomic mass is 10.1. The molecule has 2 N–H and O–H groups in total. The van der Waals surface area contributed by atoms with Gasteiger partial charge in [-0.25, -0.2) is 0 Å². The zero-order chi connectivity index (χ0) is 19.2. The van der Waals surface area contributed by atoms with Crippen LogP contribution in [0.5, 0.6) is 0 Å². The molecule has 0 radical (unpaired) electrons. The highest BCUT2D eigenvalue weighted by atomic mass is 16.3. The Bertz CT molecular complexity index is 859. The van der Waals surface area contributed by atoms with E-state index in [-0.39, 0.29) is 0 Å². The van der Waals surface area contributed by atoms with E-state index in [0.29, 0.717) is 6.54 Å². The molecule has 3 aromatic carbocycles. The number of rotatable bonds is 7. The molecule has 0 aliphatic carbocycles. The van der Waals surface area contributed by atoms with Crippen molar-refractivity contribution in [1.82, 2.24) is 4.90 Å². The topological polar surface area (TPSA) is 35.5 Å². The molecule has 0 aromatic heterocycles. The summed E-state index contributed by atoms with van der Waals surface area (Å²) in [6, 6.07) is 24.7. The molecule has 1 atom stereocenters. The van der Waals surface area contributed by atoms with Crippen LogP contribution in [-0.2, 0) is 6.54 Å².